The van der Waals surface area contributed by atoms with Crippen LogP contribution in [0.2, 0.25) is 0 Å². The molecule has 0 bridgehead atoms. The molecule has 0 amide bonds. The van der Waals surface area contributed by atoms with Crippen LogP contribution in [0.5, 0.6) is 11.5 Å². The highest BCUT2D eigenvalue weighted by molar-refractivity contribution is 14.1. The van der Waals surface area contributed by atoms with E-state index in [2.05, 4.69) is 62.9 Å². The number of ether oxygens (including phenoxy) is 2. The summed E-state index contributed by atoms with van der Waals surface area (Å²) in [6, 6.07) is 26.7. The van der Waals surface area contributed by atoms with E-state index >= 15 is 0 Å². The summed E-state index contributed by atoms with van der Waals surface area (Å²) in [7, 11) is 0. The molecule has 0 aliphatic carbocycles. The lowest BCUT2D eigenvalue weighted by atomic mass is 10.1. The van der Waals surface area contributed by atoms with E-state index in [-0.39, 0.29) is 0 Å². The summed E-state index contributed by atoms with van der Waals surface area (Å²) in [5.41, 5.74) is 5.28. The SMILES string of the molecule is CCOc1cc(/C=C(/C#N)c2nc3ccc(C)cc3[nH]2)cc(I)c1OCc1cccc2ccccc12. The van der Waals surface area contributed by atoms with Crippen molar-refractivity contribution in [2.24, 2.45) is 0 Å². The van der Waals surface area contributed by atoms with Crippen LogP contribution in [0.1, 0.15) is 29.4 Å². The molecule has 0 saturated carbocycles. The number of hydrogen-bond donors (Lipinski definition) is 1. The van der Waals surface area contributed by atoms with Gasteiger partial charge in [0, 0.05) is 0 Å². The van der Waals surface area contributed by atoms with E-state index in [1.165, 1.54) is 10.8 Å². The van der Waals surface area contributed by atoms with Crippen molar-refractivity contribution in [3.8, 4) is 17.6 Å². The predicted molar refractivity (Wildman–Crippen MR) is 153 cm³/mol. The number of nitriles is 1. The molecule has 0 atom stereocenters. The topological polar surface area (TPSA) is 70.9 Å². The number of aromatic amines is 1. The number of benzene rings is 4. The second-order valence-corrected chi connectivity index (χ2v) is 9.63. The molecule has 5 nitrogen and oxygen atoms in total. The maximum Gasteiger partial charge on any atom is 0.175 e. The zero-order valence-electron chi connectivity index (χ0n) is 20.0. The van der Waals surface area contributed by atoms with Gasteiger partial charge in [0.05, 0.1) is 26.8 Å². The van der Waals surface area contributed by atoms with E-state index in [0.717, 1.165) is 31.3 Å². The minimum absolute atomic E-state index is 0.425. The lowest BCUT2D eigenvalue weighted by Gasteiger charge is -2.16. The second-order valence-electron chi connectivity index (χ2n) is 8.47. The zero-order valence-corrected chi connectivity index (χ0v) is 22.2. The second kappa shape index (κ2) is 10.4. The van der Waals surface area contributed by atoms with Crippen LogP contribution in [0.15, 0.2) is 72.8 Å². The first kappa shape index (κ1) is 23.9. The van der Waals surface area contributed by atoms with Crippen molar-refractivity contribution in [3.63, 3.8) is 0 Å². The van der Waals surface area contributed by atoms with Gasteiger partial charge < -0.3 is 14.5 Å². The highest BCUT2D eigenvalue weighted by Gasteiger charge is 2.15. The Bertz CT molecular complexity index is 1640. The van der Waals surface area contributed by atoms with Crippen molar-refractivity contribution < 1.29 is 9.47 Å². The van der Waals surface area contributed by atoms with Crippen molar-refractivity contribution in [2.45, 2.75) is 20.5 Å². The number of nitrogens with zero attached hydrogens (tertiary/aromatic N) is 2. The Balaban J connectivity index is 1.47. The molecule has 36 heavy (non-hydrogen) atoms. The Kier molecular flexibility index (Phi) is 6.92. The van der Waals surface area contributed by atoms with E-state index in [1.807, 2.05) is 68.5 Å². The molecule has 0 saturated heterocycles. The normalized spacial score (nSPS) is 11.6. The molecular formula is C30H24IN3O2. The van der Waals surface area contributed by atoms with Crippen LogP contribution < -0.4 is 9.47 Å². The number of hydrogen-bond acceptors (Lipinski definition) is 4. The van der Waals surface area contributed by atoms with Gasteiger partial charge in [-0.2, -0.15) is 5.26 Å². The van der Waals surface area contributed by atoms with Gasteiger partial charge in [-0.25, -0.2) is 4.98 Å². The molecule has 6 heteroatoms. The third-order valence-corrected chi connectivity index (χ3v) is 6.71. The highest BCUT2D eigenvalue weighted by atomic mass is 127. The molecule has 4 aromatic carbocycles. The van der Waals surface area contributed by atoms with Crippen LogP contribution in [-0.2, 0) is 6.61 Å². The predicted octanol–water partition coefficient (Wildman–Crippen LogP) is 7.67. The third kappa shape index (κ3) is 4.93. The maximum absolute atomic E-state index is 9.88. The van der Waals surface area contributed by atoms with Crippen LogP contribution in [0.3, 0.4) is 0 Å². The molecule has 1 heterocycles. The standard InChI is InChI=1S/C30H24IN3O2/c1-3-35-28-16-20(14-23(17-32)30-33-26-12-11-19(2)13-27(26)34-30)15-25(31)29(28)36-18-22-9-6-8-21-7-4-5-10-24(21)22/h4-16H,3,18H2,1-2H3,(H,33,34)/b23-14-. The number of aromatic nitrogens is 2. The number of rotatable bonds is 7. The van der Waals surface area contributed by atoms with Crippen molar-refractivity contribution in [1.29, 1.82) is 5.26 Å². The van der Waals surface area contributed by atoms with E-state index in [1.54, 1.807) is 0 Å². The van der Waals surface area contributed by atoms with E-state index in [0.29, 0.717) is 36.1 Å². The molecule has 1 aromatic heterocycles. The van der Waals surface area contributed by atoms with Gasteiger partial charge in [0.2, 0.25) is 0 Å². The fourth-order valence-electron chi connectivity index (χ4n) is 4.21. The van der Waals surface area contributed by atoms with Crippen molar-refractivity contribution in [2.75, 3.05) is 6.61 Å². The summed E-state index contributed by atoms with van der Waals surface area (Å²) in [5.74, 6) is 1.89. The Morgan fingerprint density at radius 3 is 2.72 bits per heavy atom. The summed E-state index contributed by atoms with van der Waals surface area (Å²) in [6.07, 6.45) is 1.82. The first-order chi connectivity index (χ1) is 17.6. The van der Waals surface area contributed by atoms with Gasteiger partial charge >= 0.3 is 0 Å². The minimum Gasteiger partial charge on any atom is -0.490 e. The average molecular weight is 585 g/mol. The number of allylic oxidation sites excluding steroid dienone is 1. The molecular weight excluding hydrogens is 561 g/mol. The van der Waals surface area contributed by atoms with Crippen LogP contribution in [0.25, 0.3) is 33.5 Å². The van der Waals surface area contributed by atoms with E-state index in [4.69, 9.17) is 9.47 Å². The van der Waals surface area contributed by atoms with E-state index < -0.39 is 0 Å². The third-order valence-electron chi connectivity index (χ3n) is 5.91. The van der Waals surface area contributed by atoms with Crippen molar-refractivity contribution in [1.82, 2.24) is 9.97 Å². The molecule has 0 fully saturated rings. The van der Waals surface area contributed by atoms with Gasteiger partial charge in [-0.15, -0.1) is 0 Å². The average Bonchev–Trinajstić information content (AvgIpc) is 3.30. The molecule has 5 aromatic rings. The summed E-state index contributed by atoms with van der Waals surface area (Å²) < 4.78 is 13.2. The molecule has 178 valence electrons. The highest BCUT2D eigenvalue weighted by Crippen LogP contribution is 2.36. The minimum atomic E-state index is 0.425. The number of imidazole rings is 1. The lowest BCUT2D eigenvalue weighted by molar-refractivity contribution is 0.268. The lowest BCUT2D eigenvalue weighted by Crippen LogP contribution is -2.02. The summed E-state index contributed by atoms with van der Waals surface area (Å²) in [4.78, 5) is 7.87. The molecule has 0 spiro atoms. The molecule has 1 N–H and O–H groups in total. The molecule has 0 unspecified atom stereocenters. The Morgan fingerprint density at radius 2 is 1.89 bits per heavy atom. The van der Waals surface area contributed by atoms with Gasteiger partial charge in [-0.05, 0) is 94.2 Å². The van der Waals surface area contributed by atoms with Gasteiger partial charge in [-0.3, -0.25) is 0 Å². The molecule has 5 rings (SSSR count). The Labute approximate surface area is 223 Å². The Morgan fingerprint density at radius 1 is 1.06 bits per heavy atom. The van der Waals surface area contributed by atoms with E-state index in [9.17, 15) is 5.26 Å². The molecule has 0 radical (unpaired) electrons. The van der Waals surface area contributed by atoms with Gasteiger partial charge in [-0.1, -0.05) is 48.5 Å². The largest absolute Gasteiger partial charge is 0.490 e. The van der Waals surface area contributed by atoms with Crippen molar-refractivity contribution in [3.05, 3.63) is 98.9 Å². The zero-order chi connectivity index (χ0) is 25.1. The quantitative estimate of drug-likeness (QED) is 0.157. The molecule has 0 aliphatic rings. The van der Waals surface area contributed by atoms with Gasteiger partial charge in [0.15, 0.2) is 11.5 Å². The first-order valence-corrected chi connectivity index (χ1v) is 12.8. The van der Waals surface area contributed by atoms with Crippen LogP contribution in [0.4, 0.5) is 0 Å². The molecule has 0 aliphatic heterocycles. The number of aryl methyl sites for hydroxylation is 1. The number of halogens is 1. The van der Waals surface area contributed by atoms with Crippen LogP contribution in [-0.4, -0.2) is 16.6 Å². The summed E-state index contributed by atoms with van der Waals surface area (Å²) in [5, 5.41) is 12.2. The maximum atomic E-state index is 9.88. The monoisotopic (exact) mass is 585 g/mol. The fourth-order valence-corrected chi connectivity index (χ4v) is 4.99. The van der Waals surface area contributed by atoms with Gasteiger partial charge in [0.25, 0.3) is 0 Å². The first-order valence-electron chi connectivity index (χ1n) is 11.7. The van der Waals surface area contributed by atoms with Crippen LogP contribution >= 0.6 is 22.6 Å². The van der Waals surface area contributed by atoms with Gasteiger partial charge in [0.1, 0.15) is 18.5 Å². The number of nitrogens with one attached hydrogen (secondary N) is 1. The number of fused-ring (bicyclic) bond motifs is 2. The Hall–Kier alpha value is -3.83. The fraction of sp³-hybridized carbons (Fsp3) is 0.133. The van der Waals surface area contributed by atoms with Crippen molar-refractivity contribution >= 4 is 56.0 Å². The summed E-state index contributed by atoms with van der Waals surface area (Å²) >= 11 is 2.26. The summed E-state index contributed by atoms with van der Waals surface area (Å²) in [6.45, 7) is 4.90. The smallest absolute Gasteiger partial charge is 0.175 e. The van der Waals surface area contributed by atoms with Crippen LogP contribution in [0, 0.1) is 21.8 Å². The number of H-pyrrole nitrogens is 1.